The molecule has 4 aromatic carbocycles. The fraction of sp³-hybridized carbons (Fsp3) is 0. The first-order valence-corrected chi connectivity index (χ1v) is 9.92. The third-order valence-electron chi connectivity index (χ3n) is 5.33. The average molecular weight is 405 g/mol. The molecule has 0 spiro atoms. The van der Waals surface area contributed by atoms with Crippen molar-refractivity contribution in [2.45, 2.75) is 0 Å². The van der Waals surface area contributed by atoms with E-state index in [0.29, 0.717) is 33.8 Å². The van der Waals surface area contributed by atoms with Gasteiger partial charge in [-0.1, -0.05) is 48.5 Å². The molecule has 1 aliphatic carbocycles. The summed E-state index contributed by atoms with van der Waals surface area (Å²) in [4.78, 5) is 27.1. The van der Waals surface area contributed by atoms with E-state index in [2.05, 4.69) is 10.6 Å². The molecule has 0 saturated carbocycles. The van der Waals surface area contributed by atoms with Crippen molar-refractivity contribution in [3.05, 3.63) is 113 Å². The molecule has 0 saturated heterocycles. The average Bonchev–Trinajstić information content (AvgIpc) is 2.79. The molecule has 4 N–H and O–H groups in total. The molecule has 5 nitrogen and oxygen atoms in total. The third-order valence-corrected chi connectivity index (χ3v) is 5.33. The summed E-state index contributed by atoms with van der Waals surface area (Å²) in [6, 6.07) is 27.7. The second-order valence-corrected chi connectivity index (χ2v) is 7.32. The number of nitrogens with one attached hydrogen (secondary N) is 2. The molecule has 0 fully saturated rings. The van der Waals surface area contributed by atoms with Gasteiger partial charge in [0.05, 0.1) is 28.1 Å². The van der Waals surface area contributed by atoms with Crippen LogP contribution in [0.2, 0.25) is 0 Å². The normalized spacial score (nSPS) is 12.1. The molecule has 5 rings (SSSR count). The standard InChI is InChI=1S/C26H19N3O2/c27-19-13-7-12-18-22(19)26(31)24-21(29-17-10-5-2-6-11-17)15-14-20(23(24)25(18)30)28-16-8-3-1-4-9-16/h1-15,28-29H,27H2. The number of carbonyl (C=O) groups is 2. The second kappa shape index (κ2) is 7.46. The van der Waals surface area contributed by atoms with Crippen molar-refractivity contribution in [2.24, 2.45) is 0 Å². The topological polar surface area (TPSA) is 84.2 Å². The lowest BCUT2D eigenvalue weighted by atomic mass is 9.81. The van der Waals surface area contributed by atoms with Crippen molar-refractivity contribution in [3.8, 4) is 0 Å². The van der Waals surface area contributed by atoms with Gasteiger partial charge in [-0.05, 0) is 42.5 Å². The molecule has 5 heteroatoms. The van der Waals surface area contributed by atoms with Gasteiger partial charge in [0.2, 0.25) is 0 Å². The highest BCUT2D eigenvalue weighted by molar-refractivity contribution is 6.33. The largest absolute Gasteiger partial charge is 0.398 e. The van der Waals surface area contributed by atoms with Gasteiger partial charge in [0.15, 0.2) is 11.6 Å². The lowest BCUT2D eigenvalue weighted by molar-refractivity contribution is 0.0981. The Kier molecular flexibility index (Phi) is 4.49. The SMILES string of the molecule is Nc1cccc2c1C(=O)c1c(Nc3ccccc3)ccc(Nc3ccccc3)c1C2=O. The number of rotatable bonds is 4. The Morgan fingerprint density at radius 3 is 1.58 bits per heavy atom. The van der Waals surface area contributed by atoms with Gasteiger partial charge < -0.3 is 16.4 Å². The summed E-state index contributed by atoms with van der Waals surface area (Å²) in [6.45, 7) is 0. The zero-order chi connectivity index (χ0) is 21.4. The van der Waals surface area contributed by atoms with Crippen LogP contribution in [0, 0.1) is 0 Å². The molecule has 0 atom stereocenters. The Balaban J connectivity index is 1.71. The van der Waals surface area contributed by atoms with Crippen LogP contribution in [0.5, 0.6) is 0 Å². The number of hydrogen-bond donors (Lipinski definition) is 3. The van der Waals surface area contributed by atoms with Gasteiger partial charge in [0.25, 0.3) is 0 Å². The molecule has 31 heavy (non-hydrogen) atoms. The van der Waals surface area contributed by atoms with E-state index in [1.807, 2.05) is 72.8 Å². The number of nitrogens with two attached hydrogens (primary N) is 1. The Labute approximate surface area is 179 Å². The molecule has 0 aromatic heterocycles. The van der Waals surface area contributed by atoms with Gasteiger partial charge in [-0.25, -0.2) is 0 Å². The zero-order valence-electron chi connectivity index (χ0n) is 16.6. The molecule has 0 aliphatic heterocycles. The monoisotopic (exact) mass is 405 g/mol. The van der Waals surface area contributed by atoms with Gasteiger partial charge in [-0.15, -0.1) is 0 Å². The minimum absolute atomic E-state index is 0.230. The van der Waals surface area contributed by atoms with Crippen LogP contribution in [0.1, 0.15) is 31.8 Å². The summed E-state index contributed by atoms with van der Waals surface area (Å²) < 4.78 is 0. The summed E-state index contributed by atoms with van der Waals surface area (Å²) >= 11 is 0. The smallest absolute Gasteiger partial charge is 0.198 e. The van der Waals surface area contributed by atoms with Crippen LogP contribution < -0.4 is 16.4 Å². The van der Waals surface area contributed by atoms with Gasteiger partial charge in [-0.3, -0.25) is 9.59 Å². The highest BCUT2D eigenvalue weighted by Gasteiger charge is 2.35. The van der Waals surface area contributed by atoms with Crippen LogP contribution in [-0.2, 0) is 0 Å². The number of ketones is 2. The first-order chi connectivity index (χ1) is 15.1. The molecule has 0 heterocycles. The van der Waals surface area contributed by atoms with E-state index in [1.54, 1.807) is 18.2 Å². The van der Waals surface area contributed by atoms with Crippen LogP contribution in [0.15, 0.2) is 91.0 Å². The Morgan fingerprint density at radius 1 is 0.516 bits per heavy atom. The van der Waals surface area contributed by atoms with Crippen LogP contribution in [-0.4, -0.2) is 11.6 Å². The number of anilines is 5. The maximum absolute atomic E-state index is 13.6. The third kappa shape index (κ3) is 3.22. The van der Waals surface area contributed by atoms with Gasteiger partial charge in [0, 0.05) is 22.6 Å². The Hall–Kier alpha value is -4.38. The van der Waals surface area contributed by atoms with E-state index in [9.17, 15) is 9.59 Å². The van der Waals surface area contributed by atoms with E-state index in [1.165, 1.54) is 0 Å². The van der Waals surface area contributed by atoms with Gasteiger partial charge in [-0.2, -0.15) is 0 Å². The van der Waals surface area contributed by atoms with Gasteiger partial charge in [0.1, 0.15) is 0 Å². The maximum Gasteiger partial charge on any atom is 0.198 e. The lowest BCUT2D eigenvalue weighted by Crippen LogP contribution is -2.24. The van der Waals surface area contributed by atoms with E-state index >= 15 is 0 Å². The van der Waals surface area contributed by atoms with Crippen molar-refractivity contribution < 1.29 is 9.59 Å². The maximum atomic E-state index is 13.6. The molecule has 0 radical (unpaired) electrons. The fourth-order valence-corrected chi connectivity index (χ4v) is 3.91. The number of benzene rings is 4. The fourth-order valence-electron chi connectivity index (χ4n) is 3.91. The highest BCUT2D eigenvalue weighted by Crippen LogP contribution is 2.40. The number of carbonyl (C=O) groups excluding carboxylic acids is 2. The van der Waals surface area contributed by atoms with Crippen LogP contribution in [0.25, 0.3) is 0 Å². The lowest BCUT2D eigenvalue weighted by Gasteiger charge is -2.24. The van der Waals surface area contributed by atoms with Crippen molar-refractivity contribution in [1.82, 2.24) is 0 Å². The number of nitrogen functional groups attached to an aromatic ring is 1. The first kappa shape index (κ1) is 18.6. The van der Waals surface area contributed by atoms with Crippen molar-refractivity contribution in [2.75, 3.05) is 16.4 Å². The molecule has 0 amide bonds. The minimum atomic E-state index is -0.266. The summed E-state index contributed by atoms with van der Waals surface area (Å²) in [5, 5.41) is 6.57. The van der Waals surface area contributed by atoms with E-state index < -0.39 is 0 Å². The van der Waals surface area contributed by atoms with Crippen molar-refractivity contribution >= 4 is 40.0 Å². The van der Waals surface area contributed by atoms with Crippen LogP contribution >= 0.6 is 0 Å². The summed E-state index contributed by atoms with van der Waals surface area (Å²) in [6.07, 6.45) is 0. The Morgan fingerprint density at radius 2 is 1.03 bits per heavy atom. The van der Waals surface area contributed by atoms with E-state index in [0.717, 1.165) is 11.4 Å². The molecular formula is C26H19N3O2. The van der Waals surface area contributed by atoms with Crippen LogP contribution in [0.3, 0.4) is 0 Å². The first-order valence-electron chi connectivity index (χ1n) is 9.92. The Bertz CT molecular complexity index is 1320. The predicted molar refractivity (Wildman–Crippen MR) is 124 cm³/mol. The number of para-hydroxylation sites is 2. The molecule has 4 aromatic rings. The van der Waals surface area contributed by atoms with Crippen molar-refractivity contribution in [1.29, 1.82) is 0 Å². The minimum Gasteiger partial charge on any atom is -0.398 e. The van der Waals surface area contributed by atoms with E-state index in [-0.39, 0.29) is 17.1 Å². The predicted octanol–water partition coefficient (Wildman–Crippen LogP) is 5.53. The molecule has 150 valence electrons. The second-order valence-electron chi connectivity index (χ2n) is 7.32. The number of hydrogen-bond acceptors (Lipinski definition) is 5. The molecular weight excluding hydrogens is 386 g/mol. The molecule has 0 unspecified atom stereocenters. The van der Waals surface area contributed by atoms with Crippen LogP contribution in [0.4, 0.5) is 28.4 Å². The quantitative estimate of drug-likeness (QED) is 0.342. The molecule has 1 aliphatic rings. The molecule has 0 bridgehead atoms. The zero-order valence-corrected chi connectivity index (χ0v) is 16.6. The van der Waals surface area contributed by atoms with Crippen molar-refractivity contribution in [3.63, 3.8) is 0 Å². The summed E-state index contributed by atoms with van der Waals surface area (Å²) in [7, 11) is 0. The number of fused-ring (bicyclic) bond motifs is 2. The highest BCUT2D eigenvalue weighted by atomic mass is 16.1. The summed E-state index contributed by atoms with van der Waals surface area (Å²) in [5.41, 5.74) is 10.4. The van der Waals surface area contributed by atoms with Gasteiger partial charge >= 0.3 is 0 Å². The van der Waals surface area contributed by atoms with E-state index in [4.69, 9.17) is 5.73 Å². The summed E-state index contributed by atoms with van der Waals surface area (Å²) in [5.74, 6) is -0.495.